The Kier molecular flexibility index (Phi) is 2.98. The Morgan fingerprint density at radius 1 is 1.40 bits per heavy atom. The molecule has 1 aromatic heterocycles. The fourth-order valence-electron chi connectivity index (χ4n) is 2.36. The molecule has 1 aliphatic heterocycles. The number of carbonyl (C=O) groups is 2. The molecule has 1 atom stereocenters. The van der Waals surface area contributed by atoms with Gasteiger partial charge < -0.3 is 10.4 Å². The Bertz CT molecular complexity index is 664. The molecule has 0 saturated carbocycles. The predicted molar refractivity (Wildman–Crippen MR) is 72.0 cm³/mol. The van der Waals surface area contributed by atoms with Crippen LogP contribution in [0.5, 0.6) is 0 Å². The lowest BCUT2D eigenvalue weighted by Crippen LogP contribution is -2.35. The van der Waals surface area contributed by atoms with Gasteiger partial charge in [0.15, 0.2) is 0 Å². The van der Waals surface area contributed by atoms with E-state index in [1.165, 1.54) is 0 Å². The summed E-state index contributed by atoms with van der Waals surface area (Å²) >= 11 is 0. The Morgan fingerprint density at radius 3 is 2.85 bits per heavy atom. The first-order chi connectivity index (χ1) is 9.65. The molecule has 0 fully saturated rings. The Balaban J connectivity index is 1.93. The van der Waals surface area contributed by atoms with E-state index in [-0.39, 0.29) is 12.3 Å². The smallest absolute Gasteiger partial charge is 0.304 e. The SMILES string of the molecule is O=C(O)C[C@@H]1Cn2ncc(-c3ccccc3)c2NC1=O. The summed E-state index contributed by atoms with van der Waals surface area (Å²) in [6, 6.07) is 9.62. The second kappa shape index (κ2) is 4.80. The lowest BCUT2D eigenvalue weighted by Gasteiger charge is -2.23. The summed E-state index contributed by atoms with van der Waals surface area (Å²) < 4.78 is 1.65. The number of hydrogen-bond acceptors (Lipinski definition) is 3. The molecule has 2 N–H and O–H groups in total. The largest absolute Gasteiger partial charge is 0.481 e. The minimum absolute atomic E-state index is 0.189. The highest BCUT2D eigenvalue weighted by Crippen LogP contribution is 2.31. The molecule has 3 rings (SSSR count). The average Bonchev–Trinajstić information content (AvgIpc) is 2.82. The van der Waals surface area contributed by atoms with E-state index in [1.54, 1.807) is 10.9 Å². The van der Waals surface area contributed by atoms with E-state index in [0.29, 0.717) is 12.4 Å². The van der Waals surface area contributed by atoms with Crippen molar-refractivity contribution in [3.8, 4) is 11.1 Å². The van der Waals surface area contributed by atoms with Crippen molar-refractivity contribution in [2.45, 2.75) is 13.0 Å². The van der Waals surface area contributed by atoms with E-state index in [9.17, 15) is 9.59 Å². The van der Waals surface area contributed by atoms with Crippen LogP contribution < -0.4 is 5.32 Å². The quantitative estimate of drug-likeness (QED) is 0.888. The maximum Gasteiger partial charge on any atom is 0.304 e. The first-order valence-electron chi connectivity index (χ1n) is 6.29. The zero-order valence-corrected chi connectivity index (χ0v) is 10.6. The maximum atomic E-state index is 12.0. The van der Waals surface area contributed by atoms with Gasteiger partial charge in [0.05, 0.1) is 25.1 Å². The summed E-state index contributed by atoms with van der Waals surface area (Å²) in [7, 11) is 0. The minimum atomic E-state index is -0.982. The third-order valence-electron chi connectivity index (χ3n) is 3.35. The second-order valence-electron chi connectivity index (χ2n) is 4.74. The molecule has 6 heteroatoms. The van der Waals surface area contributed by atoms with Gasteiger partial charge in [-0.3, -0.25) is 9.59 Å². The third kappa shape index (κ3) is 2.16. The number of amides is 1. The Labute approximate surface area is 115 Å². The molecule has 2 aromatic rings. The summed E-state index contributed by atoms with van der Waals surface area (Å²) in [5.74, 6) is -1.20. The number of carbonyl (C=O) groups excluding carboxylic acids is 1. The van der Waals surface area contributed by atoms with Gasteiger partial charge in [-0.05, 0) is 5.56 Å². The highest BCUT2D eigenvalue weighted by Gasteiger charge is 2.30. The lowest BCUT2D eigenvalue weighted by molar-refractivity contribution is -0.140. The van der Waals surface area contributed by atoms with Crippen molar-refractivity contribution in [3.05, 3.63) is 36.5 Å². The zero-order chi connectivity index (χ0) is 14.1. The molecule has 0 radical (unpaired) electrons. The first kappa shape index (κ1) is 12.4. The van der Waals surface area contributed by atoms with E-state index in [2.05, 4.69) is 10.4 Å². The van der Waals surface area contributed by atoms with Crippen molar-refractivity contribution in [2.24, 2.45) is 5.92 Å². The van der Waals surface area contributed by atoms with Crippen LogP contribution in [0.1, 0.15) is 6.42 Å². The van der Waals surface area contributed by atoms with E-state index in [1.807, 2.05) is 30.3 Å². The number of rotatable bonds is 3. The number of carboxylic acid groups (broad SMARTS) is 1. The highest BCUT2D eigenvalue weighted by molar-refractivity contribution is 5.98. The van der Waals surface area contributed by atoms with Gasteiger partial charge in [-0.25, -0.2) is 4.68 Å². The molecule has 0 spiro atoms. The van der Waals surface area contributed by atoms with Crippen molar-refractivity contribution >= 4 is 17.7 Å². The van der Waals surface area contributed by atoms with Crippen LogP contribution in [0.2, 0.25) is 0 Å². The molecular weight excluding hydrogens is 258 g/mol. The van der Waals surface area contributed by atoms with E-state index >= 15 is 0 Å². The molecule has 1 aliphatic rings. The number of nitrogens with zero attached hydrogens (tertiary/aromatic N) is 2. The zero-order valence-electron chi connectivity index (χ0n) is 10.6. The molecule has 1 aromatic carbocycles. The van der Waals surface area contributed by atoms with Gasteiger partial charge >= 0.3 is 5.97 Å². The molecule has 102 valence electrons. The topological polar surface area (TPSA) is 84.2 Å². The highest BCUT2D eigenvalue weighted by atomic mass is 16.4. The fourth-order valence-corrected chi connectivity index (χ4v) is 2.36. The average molecular weight is 271 g/mol. The molecular formula is C14H13N3O3. The van der Waals surface area contributed by atoms with Crippen LogP contribution in [-0.2, 0) is 16.1 Å². The van der Waals surface area contributed by atoms with E-state index < -0.39 is 11.9 Å². The van der Waals surface area contributed by atoms with Crippen molar-refractivity contribution < 1.29 is 14.7 Å². The van der Waals surface area contributed by atoms with Gasteiger partial charge in [0.2, 0.25) is 5.91 Å². The predicted octanol–water partition coefficient (Wildman–Crippen LogP) is 1.59. The maximum absolute atomic E-state index is 12.0. The van der Waals surface area contributed by atoms with Gasteiger partial charge in [-0.1, -0.05) is 30.3 Å². The van der Waals surface area contributed by atoms with Crippen LogP contribution in [0.15, 0.2) is 36.5 Å². The number of aromatic nitrogens is 2. The number of carboxylic acids is 1. The Morgan fingerprint density at radius 2 is 2.15 bits per heavy atom. The molecule has 6 nitrogen and oxygen atoms in total. The summed E-state index contributed by atoms with van der Waals surface area (Å²) in [5.41, 5.74) is 1.80. The molecule has 2 heterocycles. The molecule has 0 unspecified atom stereocenters. The molecule has 0 saturated heterocycles. The van der Waals surface area contributed by atoms with Gasteiger partial charge in [0.25, 0.3) is 0 Å². The van der Waals surface area contributed by atoms with Crippen molar-refractivity contribution in [3.63, 3.8) is 0 Å². The van der Waals surface area contributed by atoms with Gasteiger partial charge in [0, 0.05) is 5.56 Å². The van der Waals surface area contributed by atoms with Crippen LogP contribution in [-0.4, -0.2) is 26.8 Å². The van der Waals surface area contributed by atoms with Crippen molar-refractivity contribution in [1.82, 2.24) is 9.78 Å². The van der Waals surface area contributed by atoms with Crippen LogP contribution in [0.3, 0.4) is 0 Å². The van der Waals surface area contributed by atoms with E-state index in [0.717, 1.165) is 11.1 Å². The number of aliphatic carboxylic acids is 1. The molecule has 0 bridgehead atoms. The normalized spacial score (nSPS) is 17.4. The summed E-state index contributed by atoms with van der Waals surface area (Å²) in [6.07, 6.45) is 1.50. The third-order valence-corrected chi connectivity index (χ3v) is 3.35. The van der Waals surface area contributed by atoms with E-state index in [4.69, 9.17) is 5.11 Å². The number of benzene rings is 1. The minimum Gasteiger partial charge on any atom is -0.481 e. The monoisotopic (exact) mass is 271 g/mol. The summed E-state index contributed by atoms with van der Waals surface area (Å²) in [5, 5.41) is 15.8. The van der Waals surface area contributed by atoms with Crippen LogP contribution in [0.25, 0.3) is 11.1 Å². The number of hydrogen-bond donors (Lipinski definition) is 2. The van der Waals surface area contributed by atoms with Gasteiger partial charge in [-0.2, -0.15) is 5.10 Å². The van der Waals surface area contributed by atoms with Crippen molar-refractivity contribution in [1.29, 1.82) is 0 Å². The van der Waals surface area contributed by atoms with Crippen LogP contribution >= 0.6 is 0 Å². The summed E-state index contributed by atoms with van der Waals surface area (Å²) in [6.45, 7) is 0.292. The standard InChI is InChI=1S/C14H13N3O3/c18-12(19)6-10-8-17-13(16-14(10)20)11(7-15-17)9-4-2-1-3-5-9/h1-5,7,10H,6,8H2,(H,16,20)(H,18,19)/t10-/m1/s1. The molecule has 1 amide bonds. The summed E-state index contributed by atoms with van der Waals surface area (Å²) in [4.78, 5) is 22.7. The first-order valence-corrected chi connectivity index (χ1v) is 6.29. The molecule has 0 aliphatic carbocycles. The lowest BCUT2D eigenvalue weighted by atomic mass is 10.0. The van der Waals surface area contributed by atoms with Crippen molar-refractivity contribution in [2.75, 3.05) is 5.32 Å². The number of anilines is 1. The van der Waals surface area contributed by atoms with Gasteiger partial charge in [-0.15, -0.1) is 0 Å². The van der Waals surface area contributed by atoms with Gasteiger partial charge in [0.1, 0.15) is 5.82 Å². The second-order valence-corrected chi connectivity index (χ2v) is 4.74. The Hall–Kier alpha value is -2.63. The fraction of sp³-hybridized carbons (Fsp3) is 0.214. The van der Waals surface area contributed by atoms with Crippen LogP contribution in [0, 0.1) is 5.92 Å². The molecule has 20 heavy (non-hydrogen) atoms. The number of nitrogens with one attached hydrogen (secondary N) is 1. The number of fused-ring (bicyclic) bond motifs is 1. The van der Waals surface area contributed by atoms with Crippen LogP contribution in [0.4, 0.5) is 5.82 Å².